The Morgan fingerprint density at radius 3 is 2.55 bits per heavy atom. The van der Waals surface area contributed by atoms with E-state index in [1.54, 1.807) is 12.1 Å². The van der Waals surface area contributed by atoms with Gasteiger partial charge in [-0.05, 0) is 42.1 Å². The van der Waals surface area contributed by atoms with Crippen LogP contribution in [0.5, 0.6) is 5.75 Å². The minimum Gasteiger partial charge on any atom is -0.462 e. The molecule has 0 bridgehead atoms. The number of amides is 2. The van der Waals surface area contributed by atoms with E-state index in [-0.39, 0.29) is 16.8 Å². The number of ether oxygens (including phenoxy) is 2. The number of aliphatic hydroxyl groups excluding tert-OH is 3. The molecule has 7 N–H and O–H groups in total. The van der Waals surface area contributed by atoms with Gasteiger partial charge in [0.05, 0.1) is 0 Å². The quantitative estimate of drug-likeness (QED) is 0.0698. The van der Waals surface area contributed by atoms with Gasteiger partial charge in [-0.3, -0.25) is 10.0 Å². The number of unbranched alkanes of at least 4 members (excludes halogenated alkanes) is 2. The number of nitrogens with zero attached hydrogens (tertiary/aromatic N) is 1. The van der Waals surface area contributed by atoms with Crippen LogP contribution in [0.3, 0.4) is 0 Å². The van der Waals surface area contributed by atoms with Gasteiger partial charge in [0, 0.05) is 18.7 Å². The summed E-state index contributed by atoms with van der Waals surface area (Å²) >= 11 is 3.60. The summed E-state index contributed by atoms with van der Waals surface area (Å²) in [4.78, 5) is 25.9. The minimum absolute atomic E-state index is 0.0844. The first kappa shape index (κ1) is 27.6. The predicted molar refractivity (Wildman–Crippen MR) is 121 cm³/mol. The van der Waals surface area contributed by atoms with Gasteiger partial charge >= 0.3 is 6.03 Å². The largest absolute Gasteiger partial charge is 0.462 e. The minimum atomic E-state index is -2.25. The smallest absolute Gasteiger partial charge is 0.319 e. The zero-order valence-corrected chi connectivity index (χ0v) is 19.3. The topological polar surface area (TPSA) is 173 Å². The number of hydrogen-bond acceptors (Lipinski definition) is 11. The molecule has 4 unspecified atom stereocenters. The van der Waals surface area contributed by atoms with Gasteiger partial charge in [-0.1, -0.05) is 0 Å². The zero-order chi connectivity index (χ0) is 24.4. The molecule has 0 aromatic heterocycles. The fourth-order valence-corrected chi connectivity index (χ4v) is 3.15. The summed E-state index contributed by atoms with van der Waals surface area (Å²) in [6.45, 7) is 0.0225. The number of nitrogens with one attached hydrogen (secondary N) is 2. The number of hydrogen-bond donors (Lipinski definition) is 8. The average molecular weight is 505 g/mol. The van der Waals surface area contributed by atoms with E-state index < -0.39 is 44.8 Å². The number of carbonyl (C=O) groups is 1. The lowest BCUT2D eigenvalue weighted by Gasteiger charge is -2.40. The van der Waals surface area contributed by atoms with Crippen LogP contribution in [0.15, 0.2) is 24.3 Å². The van der Waals surface area contributed by atoms with Gasteiger partial charge in [-0.2, -0.15) is 0 Å². The number of terminal acetylenes is 1. The Kier molecular flexibility index (Phi) is 11.6. The Morgan fingerprint density at radius 2 is 1.91 bits per heavy atom. The number of aliphatic hydroxyl groups is 3. The molecule has 2 rings (SSSR count). The molecule has 0 radical (unpaired) electrons. The van der Waals surface area contributed by atoms with Crippen LogP contribution in [0.25, 0.3) is 0 Å². The maximum absolute atomic E-state index is 11.9. The van der Waals surface area contributed by atoms with Gasteiger partial charge in [0.25, 0.3) is 0 Å². The van der Waals surface area contributed by atoms with Crippen molar-refractivity contribution in [1.82, 2.24) is 10.3 Å². The fourth-order valence-electron chi connectivity index (χ4n) is 2.82. The van der Waals surface area contributed by atoms with Crippen molar-refractivity contribution in [1.29, 1.82) is 0 Å². The Balaban J connectivity index is 1.87. The summed E-state index contributed by atoms with van der Waals surface area (Å²) < 4.78 is 11.0. The van der Waals surface area contributed by atoms with E-state index in [4.69, 9.17) is 25.6 Å². The van der Waals surface area contributed by atoms with Gasteiger partial charge in [0.1, 0.15) is 36.8 Å². The average Bonchev–Trinajstić information content (AvgIpc) is 2.79. The van der Waals surface area contributed by atoms with Crippen molar-refractivity contribution >= 4 is 31.5 Å². The Morgan fingerprint density at radius 1 is 1.21 bits per heavy atom. The molecule has 33 heavy (non-hydrogen) atoms. The second kappa shape index (κ2) is 13.9. The number of benzene rings is 1. The monoisotopic (exact) mass is 505 g/mol. The molecule has 1 heterocycles. The number of carbonyl (C=O) groups excluding carboxylic acids is 1. The predicted octanol–water partition coefficient (Wildman–Crippen LogP) is 0.570. The first-order valence-electron chi connectivity index (χ1n) is 9.97. The molecule has 12 nitrogen and oxygen atoms in total. The molecular weight excluding hydrogens is 477 g/mol. The van der Waals surface area contributed by atoms with Gasteiger partial charge in [0.2, 0.25) is 13.8 Å². The lowest BCUT2D eigenvalue weighted by atomic mass is 9.99. The maximum Gasteiger partial charge on any atom is 0.319 e. The fraction of sp³-hybridized carbons (Fsp3) is 0.526. The van der Waals surface area contributed by atoms with Gasteiger partial charge in [-0.15, -0.1) is 24.6 Å². The van der Waals surface area contributed by atoms with Crippen molar-refractivity contribution < 1.29 is 44.5 Å². The standard InChI is InChI=1S/C19H28N3O9PS/c1-2-3-4-5-10-20-19(26)21-12-6-8-13(9-7-12)30-18-17(25)16(24)15(23)14(31-18)11-29-22(27)32(28)33/h1,6-9,14-18,23-25,27-28,33H,3-5,10-11H2,(H2,20,21,26)/t14?,15-,16?,17?,18+,32?/m1/s1. The molecule has 1 aromatic rings. The van der Waals surface area contributed by atoms with Crippen LogP contribution in [-0.4, -0.2) is 80.3 Å². The summed E-state index contributed by atoms with van der Waals surface area (Å²) in [5, 5.41) is 45.0. The van der Waals surface area contributed by atoms with E-state index in [1.165, 1.54) is 12.1 Å². The van der Waals surface area contributed by atoms with Gasteiger partial charge in [0.15, 0.2) is 0 Å². The van der Waals surface area contributed by atoms with Crippen LogP contribution in [0, 0.1) is 12.3 Å². The normalized spacial score (nSPS) is 25.8. The molecule has 1 fully saturated rings. The number of anilines is 1. The summed E-state index contributed by atoms with van der Waals surface area (Å²) in [5.74, 6) is 2.78. The molecule has 0 spiro atoms. The van der Waals surface area contributed by atoms with E-state index in [0.29, 0.717) is 18.7 Å². The summed E-state index contributed by atoms with van der Waals surface area (Å²) in [6, 6.07) is 5.77. The summed E-state index contributed by atoms with van der Waals surface area (Å²) in [7, 11) is -2.25. The molecular formula is C19H28N3O9PS. The third kappa shape index (κ3) is 8.88. The van der Waals surface area contributed by atoms with Crippen molar-refractivity contribution in [3.8, 4) is 18.1 Å². The third-order valence-electron chi connectivity index (χ3n) is 4.57. The number of thiol groups is 1. The molecule has 1 aliphatic heterocycles. The molecule has 0 saturated carbocycles. The molecule has 1 saturated heterocycles. The van der Waals surface area contributed by atoms with Crippen LogP contribution >= 0.6 is 19.7 Å². The van der Waals surface area contributed by atoms with Crippen molar-refractivity contribution in [3.05, 3.63) is 24.3 Å². The molecule has 6 atom stereocenters. The van der Waals surface area contributed by atoms with E-state index in [1.807, 2.05) is 0 Å². The van der Waals surface area contributed by atoms with Crippen LogP contribution in [0.4, 0.5) is 10.5 Å². The highest BCUT2D eigenvalue weighted by molar-refractivity contribution is 8.42. The Bertz CT molecular complexity index is 783. The van der Waals surface area contributed by atoms with Crippen molar-refractivity contribution in [2.45, 2.75) is 50.0 Å². The van der Waals surface area contributed by atoms with Crippen molar-refractivity contribution in [2.75, 3.05) is 18.5 Å². The van der Waals surface area contributed by atoms with Crippen LogP contribution in [0.1, 0.15) is 19.3 Å². The number of rotatable bonds is 11. The van der Waals surface area contributed by atoms with Crippen molar-refractivity contribution in [2.24, 2.45) is 0 Å². The first-order chi connectivity index (χ1) is 15.7. The van der Waals surface area contributed by atoms with Crippen LogP contribution in [0.2, 0.25) is 0 Å². The highest BCUT2D eigenvalue weighted by Crippen LogP contribution is 2.38. The maximum atomic E-state index is 11.9. The highest BCUT2D eigenvalue weighted by Gasteiger charge is 2.45. The lowest BCUT2D eigenvalue weighted by Crippen LogP contribution is -2.60. The summed E-state index contributed by atoms with van der Waals surface area (Å²) in [5.41, 5.74) is 0.491. The molecule has 1 aliphatic rings. The van der Waals surface area contributed by atoms with Crippen LogP contribution < -0.4 is 15.4 Å². The SMILES string of the molecule is C#CCCCCNC(=O)Nc1ccc(O[C@H]2OC(CON(O)P(O)S)[C@@H](O)C(O)C2O)cc1. The molecule has 2 amide bonds. The van der Waals surface area contributed by atoms with Crippen LogP contribution in [-0.2, 0) is 9.57 Å². The highest BCUT2D eigenvalue weighted by atomic mass is 32.7. The Hall–Kier alpha value is -1.69. The lowest BCUT2D eigenvalue weighted by molar-refractivity contribution is -0.321. The van der Waals surface area contributed by atoms with E-state index in [9.17, 15) is 25.3 Å². The first-order valence-corrected chi connectivity index (χ1v) is 12.4. The molecule has 14 heteroatoms. The van der Waals surface area contributed by atoms with Gasteiger partial charge in [-0.25, -0.2) is 4.79 Å². The summed E-state index contributed by atoms with van der Waals surface area (Å²) in [6.07, 6.45) is 0.105. The van der Waals surface area contributed by atoms with E-state index >= 15 is 0 Å². The second-order valence-corrected chi connectivity index (χ2v) is 8.97. The van der Waals surface area contributed by atoms with E-state index in [0.717, 1.165) is 12.8 Å². The molecule has 1 aromatic carbocycles. The molecule has 0 aliphatic carbocycles. The Labute approximate surface area is 197 Å². The zero-order valence-electron chi connectivity index (χ0n) is 17.5. The third-order valence-corrected chi connectivity index (χ3v) is 5.45. The second-order valence-electron chi connectivity index (χ2n) is 7.02. The molecule has 184 valence electrons. The van der Waals surface area contributed by atoms with Gasteiger partial charge < -0.3 is 40.3 Å². The van der Waals surface area contributed by atoms with E-state index in [2.05, 4.69) is 28.8 Å². The van der Waals surface area contributed by atoms with Crippen molar-refractivity contribution in [3.63, 3.8) is 0 Å². The number of urea groups is 1.